The van der Waals surface area contributed by atoms with Crippen molar-refractivity contribution in [2.24, 2.45) is 11.7 Å². The molecule has 94 valence electrons. The molecular weight excluding hydrogens is 287 g/mol. The van der Waals surface area contributed by atoms with Crippen molar-refractivity contribution < 1.29 is 9.18 Å². The largest absolute Gasteiger partial charge is 0.368 e. The van der Waals surface area contributed by atoms with Gasteiger partial charge in [-0.3, -0.25) is 4.79 Å². The van der Waals surface area contributed by atoms with E-state index in [1.54, 1.807) is 6.07 Å². The van der Waals surface area contributed by atoms with Crippen LogP contribution < -0.4 is 11.1 Å². The molecule has 0 aliphatic carbocycles. The Bertz CT molecular complexity index is 389. The quantitative estimate of drug-likeness (QED) is 0.876. The fraction of sp³-hybridized carbons (Fsp3) is 0.417. The van der Waals surface area contributed by atoms with Gasteiger partial charge in [-0.05, 0) is 29.7 Å². The summed E-state index contributed by atoms with van der Waals surface area (Å²) in [6, 6.07) is 4.21. The van der Waals surface area contributed by atoms with E-state index in [-0.39, 0.29) is 11.7 Å². The Morgan fingerprint density at radius 1 is 1.47 bits per heavy atom. The van der Waals surface area contributed by atoms with E-state index in [0.29, 0.717) is 11.0 Å². The summed E-state index contributed by atoms with van der Waals surface area (Å²) in [6.07, 6.45) is 0. The molecule has 3 nitrogen and oxygen atoms in total. The number of benzene rings is 1. The average Bonchev–Trinajstić information content (AvgIpc) is 2.14. The molecule has 0 saturated carbocycles. The van der Waals surface area contributed by atoms with E-state index in [9.17, 15) is 9.18 Å². The van der Waals surface area contributed by atoms with E-state index in [2.05, 4.69) is 21.2 Å². The highest BCUT2D eigenvalue weighted by atomic mass is 79.9. The Morgan fingerprint density at radius 2 is 2.12 bits per heavy atom. The number of carbonyl (C=O) groups excluding carboxylic acids is 1. The number of hydrogen-bond acceptors (Lipinski definition) is 2. The fourth-order valence-electron chi connectivity index (χ4n) is 1.61. The molecule has 1 amide bonds. The topological polar surface area (TPSA) is 55.1 Å². The van der Waals surface area contributed by atoms with Crippen LogP contribution >= 0.6 is 15.9 Å². The SMILES string of the molecule is CC(C)C(NCc1cc(F)cc(Br)c1)C(N)=O. The van der Waals surface area contributed by atoms with Crippen LogP contribution in [0.15, 0.2) is 22.7 Å². The van der Waals surface area contributed by atoms with Gasteiger partial charge < -0.3 is 11.1 Å². The molecule has 0 aliphatic heterocycles. The maximum absolute atomic E-state index is 13.1. The molecule has 1 aromatic carbocycles. The number of primary amides is 1. The zero-order valence-corrected chi connectivity index (χ0v) is 11.4. The van der Waals surface area contributed by atoms with Gasteiger partial charge in [0.1, 0.15) is 5.82 Å². The zero-order valence-electron chi connectivity index (χ0n) is 9.84. The lowest BCUT2D eigenvalue weighted by molar-refractivity contribution is -0.121. The maximum atomic E-state index is 13.1. The third kappa shape index (κ3) is 4.44. The van der Waals surface area contributed by atoms with Gasteiger partial charge in [0.15, 0.2) is 0 Å². The molecule has 1 aromatic rings. The van der Waals surface area contributed by atoms with Crippen LogP contribution in [0.1, 0.15) is 19.4 Å². The molecule has 1 unspecified atom stereocenters. The van der Waals surface area contributed by atoms with Gasteiger partial charge >= 0.3 is 0 Å². The maximum Gasteiger partial charge on any atom is 0.234 e. The summed E-state index contributed by atoms with van der Waals surface area (Å²) in [6.45, 7) is 4.22. The summed E-state index contributed by atoms with van der Waals surface area (Å²) in [7, 11) is 0. The fourth-order valence-corrected chi connectivity index (χ4v) is 2.12. The summed E-state index contributed by atoms with van der Waals surface area (Å²) >= 11 is 3.22. The molecule has 5 heteroatoms. The molecule has 17 heavy (non-hydrogen) atoms. The van der Waals surface area contributed by atoms with Crippen molar-refractivity contribution in [3.63, 3.8) is 0 Å². The first-order valence-electron chi connectivity index (χ1n) is 5.38. The lowest BCUT2D eigenvalue weighted by Crippen LogP contribution is -2.44. The van der Waals surface area contributed by atoms with E-state index in [4.69, 9.17) is 5.73 Å². The predicted molar refractivity (Wildman–Crippen MR) is 68.8 cm³/mol. The number of hydrogen-bond donors (Lipinski definition) is 2. The lowest BCUT2D eigenvalue weighted by Gasteiger charge is -2.19. The van der Waals surface area contributed by atoms with Crippen LogP contribution in [0, 0.1) is 11.7 Å². The monoisotopic (exact) mass is 302 g/mol. The molecule has 0 bridgehead atoms. The van der Waals surface area contributed by atoms with Crippen molar-refractivity contribution in [1.82, 2.24) is 5.32 Å². The van der Waals surface area contributed by atoms with Gasteiger partial charge in [-0.1, -0.05) is 29.8 Å². The van der Waals surface area contributed by atoms with E-state index >= 15 is 0 Å². The molecule has 0 fully saturated rings. The van der Waals surface area contributed by atoms with E-state index in [1.165, 1.54) is 12.1 Å². The molecule has 3 N–H and O–H groups in total. The molecule has 0 aromatic heterocycles. The van der Waals surface area contributed by atoms with Crippen molar-refractivity contribution in [3.05, 3.63) is 34.1 Å². The molecule has 1 atom stereocenters. The van der Waals surface area contributed by atoms with Gasteiger partial charge in [0.2, 0.25) is 5.91 Å². The number of nitrogens with one attached hydrogen (secondary N) is 1. The highest BCUT2D eigenvalue weighted by Crippen LogP contribution is 2.15. The van der Waals surface area contributed by atoms with E-state index < -0.39 is 11.9 Å². The first-order chi connectivity index (χ1) is 7.90. The predicted octanol–water partition coefficient (Wildman–Crippen LogP) is 2.19. The van der Waals surface area contributed by atoms with Gasteiger partial charge in [-0.15, -0.1) is 0 Å². The standard InChI is InChI=1S/C12H16BrFN2O/c1-7(2)11(12(15)17)16-6-8-3-9(13)5-10(14)4-8/h3-5,7,11,16H,6H2,1-2H3,(H2,15,17). The van der Waals surface area contributed by atoms with Gasteiger partial charge in [0.25, 0.3) is 0 Å². The van der Waals surface area contributed by atoms with E-state index in [1.807, 2.05) is 13.8 Å². The molecule has 0 heterocycles. The third-order valence-corrected chi connectivity index (χ3v) is 2.88. The minimum absolute atomic E-state index is 0.101. The van der Waals surface area contributed by atoms with E-state index in [0.717, 1.165) is 5.56 Å². The van der Waals surface area contributed by atoms with Crippen LogP contribution in [0.5, 0.6) is 0 Å². The van der Waals surface area contributed by atoms with Crippen LogP contribution in [0.4, 0.5) is 4.39 Å². The molecule has 1 rings (SSSR count). The van der Waals surface area contributed by atoms with Gasteiger partial charge in [-0.2, -0.15) is 0 Å². The summed E-state index contributed by atoms with van der Waals surface area (Å²) in [5.74, 6) is -0.601. The van der Waals surface area contributed by atoms with Crippen molar-refractivity contribution in [3.8, 4) is 0 Å². The third-order valence-electron chi connectivity index (χ3n) is 2.42. The summed E-state index contributed by atoms with van der Waals surface area (Å²) in [5, 5.41) is 3.03. The van der Waals surface area contributed by atoms with Crippen molar-refractivity contribution in [2.45, 2.75) is 26.4 Å². The Hall–Kier alpha value is -0.940. The average molecular weight is 303 g/mol. The molecule has 0 spiro atoms. The highest BCUT2D eigenvalue weighted by Gasteiger charge is 2.18. The van der Waals surface area contributed by atoms with Crippen LogP contribution in [-0.2, 0) is 11.3 Å². The number of nitrogens with two attached hydrogens (primary N) is 1. The first kappa shape index (κ1) is 14.1. The number of halogens is 2. The van der Waals surface area contributed by atoms with Gasteiger partial charge in [0, 0.05) is 11.0 Å². The normalized spacial score (nSPS) is 12.8. The second kappa shape index (κ2) is 6.12. The lowest BCUT2D eigenvalue weighted by atomic mass is 10.0. The van der Waals surface area contributed by atoms with Crippen molar-refractivity contribution in [1.29, 1.82) is 0 Å². The summed E-state index contributed by atoms with van der Waals surface area (Å²) in [5.41, 5.74) is 6.04. The Labute approximate surface area is 109 Å². The molecular formula is C12H16BrFN2O. The second-order valence-corrected chi connectivity index (χ2v) is 5.20. The molecule has 0 saturated heterocycles. The zero-order chi connectivity index (χ0) is 13.0. The summed E-state index contributed by atoms with van der Waals surface area (Å²) < 4.78 is 13.8. The Balaban J connectivity index is 2.68. The minimum atomic E-state index is -0.406. The number of rotatable bonds is 5. The Morgan fingerprint density at radius 3 is 2.59 bits per heavy atom. The summed E-state index contributed by atoms with van der Waals surface area (Å²) in [4.78, 5) is 11.2. The van der Waals surface area contributed by atoms with Gasteiger partial charge in [-0.25, -0.2) is 4.39 Å². The molecule has 0 radical (unpaired) electrons. The second-order valence-electron chi connectivity index (χ2n) is 4.28. The number of carbonyl (C=O) groups is 1. The van der Waals surface area contributed by atoms with Crippen LogP contribution in [0.2, 0.25) is 0 Å². The minimum Gasteiger partial charge on any atom is -0.368 e. The van der Waals surface area contributed by atoms with Crippen LogP contribution in [-0.4, -0.2) is 11.9 Å². The molecule has 0 aliphatic rings. The van der Waals surface area contributed by atoms with Crippen molar-refractivity contribution in [2.75, 3.05) is 0 Å². The highest BCUT2D eigenvalue weighted by molar-refractivity contribution is 9.10. The van der Waals surface area contributed by atoms with Gasteiger partial charge in [0.05, 0.1) is 6.04 Å². The van der Waals surface area contributed by atoms with Crippen LogP contribution in [0.25, 0.3) is 0 Å². The number of amides is 1. The smallest absolute Gasteiger partial charge is 0.234 e. The first-order valence-corrected chi connectivity index (χ1v) is 6.17. The Kier molecular flexibility index (Phi) is 5.08. The van der Waals surface area contributed by atoms with Crippen molar-refractivity contribution >= 4 is 21.8 Å². The van der Waals surface area contributed by atoms with Crippen LogP contribution in [0.3, 0.4) is 0 Å².